The Hall–Kier alpha value is -3.31. The fourth-order valence-corrected chi connectivity index (χ4v) is 3.85. The normalized spacial score (nSPS) is 17.3. The van der Waals surface area contributed by atoms with E-state index >= 15 is 0 Å². The zero-order valence-electron chi connectivity index (χ0n) is 17.6. The van der Waals surface area contributed by atoms with E-state index < -0.39 is 24.2 Å². The van der Waals surface area contributed by atoms with Crippen LogP contribution in [0, 0.1) is 0 Å². The number of nitrogens with zero attached hydrogens (tertiary/aromatic N) is 2. The molecule has 34 heavy (non-hydrogen) atoms. The first-order valence-electron chi connectivity index (χ1n) is 10.3. The van der Waals surface area contributed by atoms with Gasteiger partial charge in [0.2, 0.25) is 0 Å². The molecule has 0 fully saturated rings. The van der Waals surface area contributed by atoms with Gasteiger partial charge in [-0.25, -0.2) is 4.68 Å². The van der Waals surface area contributed by atoms with Gasteiger partial charge in [0.1, 0.15) is 5.82 Å². The summed E-state index contributed by atoms with van der Waals surface area (Å²) in [5.41, 5.74) is 6.33. The highest BCUT2D eigenvalue weighted by molar-refractivity contribution is 7.80. The van der Waals surface area contributed by atoms with E-state index in [2.05, 4.69) is 26.6 Å². The highest BCUT2D eigenvalue weighted by atomic mass is 35.5. The van der Waals surface area contributed by atoms with E-state index in [0.29, 0.717) is 17.1 Å². The number of rotatable bonds is 4. The molecule has 7 nitrogen and oxygen atoms in total. The molecule has 178 valence electrons. The molecule has 3 aromatic rings. The van der Waals surface area contributed by atoms with Crippen molar-refractivity contribution in [2.75, 3.05) is 5.32 Å². The van der Waals surface area contributed by atoms with Gasteiger partial charge in [0.25, 0.3) is 5.91 Å². The number of nitrogens with one attached hydrogen (secondary N) is 4. The molecule has 0 saturated heterocycles. The van der Waals surface area contributed by atoms with Crippen LogP contribution in [-0.4, -0.2) is 27.0 Å². The summed E-state index contributed by atoms with van der Waals surface area (Å²) in [4.78, 5) is 12.5. The summed E-state index contributed by atoms with van der Waals surface area (Å²) in [5, 5.41) is 10.5. The largest absolute Gasteiger partial charge is 0.410 e. The van der Waals surface area contributed by atoms with E-state index in [1.54, 1.807) is 24.3 Å². The molecule has 2 heterocycles. The number of benzene rings is 2. The molecule has 2 aromatic carbocycles. The molecule has 4 N–H and O–H groups in total. The third kappa shape index (κ3) is 5.60. The number of aromatic nitrogens is 2. The van der Waals surface area contributed by atoms with Crippen molar-refractivity contribution in [1.82, 2.24) is 25.9 Å². The monoisotopic (exact) mass is 508 g/mol. The topological polar surface area (TPSA) is 83.0 Å². The van der Waals surface area contributed by atoms with Crippen LogP contribution in [0.15, 0.2) is 60.7 Å². The van der Waals surface area contributed by atoms with Gasteiger partial charge in [-0.15, -0.1) is 0 Å². The van der Waals surface area contributed by atoms with Crippen LogP contribution in [0.25, 0.3) is 0 Å². The SMILES string of the molecule is O=C(NNC(=S)NCc1ccccc1)c1cc2n(n1)[C@@H](C(F)(F)F)C[C@H](c1ccc(Cl)cc1)N2. The number of hydrazine groups is 1. The number of carbonyl (C=O) groups excluding carboxylic acids is 1. The molecule has 0 unspecified atom stereocenters. The van der Waals surface area contributed by atoms with Crippen molar-refractivity contribution in [2.24, 2.45) is 0 Å². The number of alkyl halides is 3. The average molecular weight is 509 g/mol. The van der Waals surface area contributed by atoms with Crippen LogP contribution >= 0.6 is 23.8 Å². The zero-order chi connectivity index (χ0) is 24.3. The van der Waals surface area contributed by atoms with Gasteiger partial charge in [-0.3, -0.25) is 15.6 Å². The van der Waals surface area contributed by atoms with E-state index in [9.17, 15) is 18.0 Å². The second-order valence-electron chi connectivity index (χ2n) is 7.65. The number of hydrogen-bond donors (Lipinski definition) is 4. The summed E-state index contributed by atoms with van der Waals surface area (Å²) in [5.74, 6) is -0.639. The molecule has 2 atom stereocenters. The maximum absolute atomic E-state index is 13.8. The minimum Gasteiger partial charge on any atom is -0.363 e. The van der Waals surface area contributed by atoms with E-state index in [-0.39, 0.29) is 23.0 Å². The fourth-order valence-electron chi connectivity index (χ4n) is 3.60. The van der Waals surface area contributed by atoms with Crippen LogP contribution in [0.3, 0.4) is 0 Å². The van der Waals surface area contributed by atoms with Crippen molar-refractivity contribution < 1.29 is 18.0 Å². The molecule has 0 saturated carbocycles. The molecule has 0 bridgehead atoms. The molecule has 0 aliphatic carbocycles. The van der Waals surface area contributed by atoms with E-state index in [4.69, 9.17) is 23.8 Å². The molecule has 4 rings (SSSR count). The van der Waals surface area contributed by atoms with Gasteiger partial charge in [-0.2, -0.15) is 18.3 Å². The van der Waals surface area contributed by atoms with Gasteiger partial charge in [-0.05, 0) is 35.5 Å². The van der Waals surface area contributed by atoms with Crippen LogP contribution in [-0.2, 0) is 6.54 Å². The minimum atomic E-state index is -4.55. The molecule has 0 radical (unpaired) electrons. The highest BCUT2D eigenvalue weighted by Gasteiger charge is 2.46. The van der Waals surface area contributed by atoms with Crippen LogP contribution in [0.2, 0.25) is 5.02 Å². The third-order valence-electron chi connectivity index (χ3n) is 5.28. The standard InChI is InChI=1S/C22H20ClF3N6OS/c23-15-8-6-14(7-9-15)16-10-18(22(24,25)26)32-19(28-16)11-17(31-32)20(33)29-30-21(34)27-12-13-4-2-1-3-5-13/h1-9,11,16,18,28H,10,12H2,(H,29,33)(H2,27,30,34)/t16-,18-/m1/s1. The molecule has 1 aliphatic rings. The number of thiocarbonyl (C=S) groups is 1. The van der Waals surface area contributed by atoms with Gasteiger partial charge in [0.15, 0.2) is 16.8 Å². The first-order chi connectivity index (χ1) is 16.2. The first-order valence-corrected chi connectivity index (χ1v) is 11.1. The molecule has 1 aromatic heterocycles. The maximum atomic E-state index is 13.8. The number of amides is 1. The Morgan fingerprint density at radius 1 is 1.15 bits per heavy atom. The summed E-state index contributed by atoms with van der Waals surface area (Å²) < 4.78 is 42.2. The summed E-state index contributed by atoms with van der Waals surface area (Å²) in [6.07, 6.45) is -4.84. The molecule has 12 heteroatoms. The van der Waals surface area contributed by atoms with Crippen LogP contribution < -0.4 is 21.5 Å². The van der Waals surface area contributed by atoms with Gasteiger partial charge < -0.3 is 10.6 Å². The predicted octanol–water partition coefficient (Wildman–Crippen LogP) is 4.51. The van der Waals surface area contributed by atoms with Crippen molar-refractivity contribution in [3.05, 3.63) is 82.5 Å². The lowest BCUT2D eigenvalue weighted by Crippen LogP contribution is -2.46. The van der Waals surface area contributed by atoms with Gasteiger partial charge in [0, 0.05) is 24.1 Å². The van der Waals surface area contributed by atoms with Crippen molar-refractivity contribution in [3.8, 4) is 0 Å². The third-order valence-corrected chi connectivity index (χ3v) is 5.78. The molecular formula is C22H20ClF3N6OS. The van der Waals surface area contributed by atoms with Crippen LogP contribution in [0.4, 0.5) is 19.0 Å². The van der Waals surface area contributed by atoms with Crippen LogP contribution in [0.5, 0.6) is 0 Å². The van der Waals surface area contributed by atoms with Crippen molar-refractivity contribution >= 4 is 40.7 Å². The van der Waals surface area contributed by atoms with E-state index in [0.717, 1.165) is 10.2 Å². The molecule has 0 spiro atoms. The van der Waals surface area contributed by atoms with Gasteiger partial charge in [0.05, 0.1) is 6.04 Å². The van der Waals surface area contributed by atoms with Crippen molar-refractivity contribution in [1.29, 1.82) is 0 Å². The Morgan fingerprint density at radius 2 is 1.85 bits per heavy atom. The van der Waals surface area contributed by atoms with Crippen molar-refractivity contribution in [2.45, 2.75) is 31.2 Å². The van der Waals surface area contributed by atoms with E-state index in [1.807, 2.05) is 30.3 Å². The number of hydrogen-bond acceptors (Lipinski definition) is 4. The summed E-state index contributed by atoms with van der Waals surface area (Å²) >= 11 is 11.0. The lowest BCUT2D eigenvalue weighted by molar-refractivity contribution is -0.173. The fraction of sp³-hybridized carbons (Fsp3) is 0.227. The molecule has 1 aliphatic heterocycles. The smallest absolute Gasteiger partial charge is 0.363 e. The summed E-state index contributed by atoms with van der Waals surface area (Å²) in [6, 6.07) is 14.8. The number of carbonyl (C=O) groups is 1. The van der Waals surface area contributed by atoms with Gasteiger partial charge in [-0.1, -0.05) is 54.1 Å². The second kappa shape index (κ2) is 9.90. The Kier molecular flexibility index (Phi) is 6.94. The average Bonchev–Trinajstić information content (AvgIpc) is 3.25. The molecular weight excluding hydrogens is 489 g/mol. The highest BCUT2D eigenvalue weighted by Crippen LogP contribution is 2.43. The second-order valence-corrected chi connectivity index (χ2v) is 8.49. The Balaban J connectivity index is 1.44. The number of anilines is 1. The minimum absolute atomic E-state index is 0.0865. The van der Waals surface area contributed by atoms with Gasteiger partial charge >= 0.3 is 6.18 Å². The van der Waals surface area contributed by atoms with Crippen molar-refractivity contribution in [3.63, 3.8) is 0 Å². The molecule has 1 amide bonds. The zero-order valence-corrected chi connectivity index (χ0v) is 19.1. The Morgan fingerprint density at radius 3 is 2.53 bits per heavy atom. The number of halogens is 4. The lowest BCUT2D eigenvalue weighted by Gasteiger charge is -2.33. The maximum Gasteiger partial charge on any atom is 0.410 e. The lowest BCUT2D eigenvalue weighted by atomic mass is 9.97. The van der Waals surface area contributed by atoms with Crippen LogP contribution in [0.1, 0.15) is 40.1 Å². The quantitative estimate of drug-likeness (QED) is 0.307. The summed E-state index contributed by atoms with van der Waals surface area (Å²) in [6.45, 7) is 0.435. The Labute approximate surface area is 203 Å². The Bertz CT molecular complexity index is 1170. The van der Waals surface area contributed by atoms with E-state index in [1.165, 1.54) is 6.07 Å². The first kappa shape index (κ1) is 23.8. The predicted molar refractivity (Wildman–Crippen MR) is 126 cm³/mol. The number of fused-ring (bicyclic) bond motifs is 1. The summed E-state index contributed by atoms with van der Waals surface area (Å²) in [7, 11) is 0.